The fraction of sp³-hybridized carbons (Fsp3) is 0.739. The van der Waals surface area contributed by atoms with Crippen molar-refractivity contribution in [3.8, 4) is 0 Å². The van der Waals surface area contributed by atoms with Gasteiger partial charge in [-0.2, -0.15) is 0 Å². The number of rotatable bonds is 3. The molecule has 0 aliphatic heterocycles. The van der Waals surface area contributed by atoms with E-state index in [0.717, 1.165) is 25.7 Å². The fourth-order valence-corrected chi connectivity index (χ4v) is 7.85. The second-order valence-electron chi connectivity index (χ2n) is 9.95. The number of Topliss-reactive ketones (excluding diaryl/α,β-unsaturated/α-hetero) is 3. The van der Waals surface area contributed by atoms with Crippen molar-refractivity contribution >= 4 is 34.7 Å². The zero-order valence-corrected chi connectivity index (χ0v) is 17.7. The van der Waals surface area contributed by atoms with Gasteiger partial charge in [0.25, 0.3) is 0 Å². The van der Waals surface area contributed by atoms with Crippen LogP contribution in [0.3, 0.4) is 0 Å². The van der Waals surface area contributed by atoms with Gasteiger partial charge in [-0.1, -0.05) is 13.8 Å². The molecule has 0 N–H and O–H groups in total. The number of hydrogen-bond acceptors (Lipinski definition) is 4. The number of alkyl halides is 1. The quantitative estimate of drug-likeness (QED) is 0.668. The first-order chi connectivity index (χ1) is 13.1. The molecular formula is C23H29ClO4. The molecule has 0 aromatic rings. The van der Waals surface area contributed by atoms with E-state index in [9.17, 15) is 19.2 Å². The van der Waals surface area contributed by atoms with E-state index in [2.05, 4.69) is 6.92 Å². The molecule has 4 aliphatic rings. The lowest BCUT2D eigenvalue weighted by Gasteiger charge is -2.59. The summed E-state index contributed by atoms with van der Waals surface area (Å²) in [6, 6.07) is 0. The molecule has 152 valence electrons. The molecule has 4 nitrogen and oxygen atoms in total. The van der Waals surface area contributed by atoms with Crippen molar-refractivity contribution in [2.75, 3.05) is 5.88 Å². The van der Waals surface area contributed by atoms with Crippen LogP contribution in [0.4, 0.5) is 0 Å². The molecule has 0 spiro atoms. The molecule has 5 heteroatoms. The third-order valence-corrected chi connectivity index (χ3v) is 9.22. The predicted molar refractivity (Wildman–Crippen MR) is 106 cm³/mol. The maximum absolute atomic E-state index is 13.2. The first-order valence-corrected chi connectivity index (χ1v) is 11.0. The highest BCUT2D eigenvalue weighted by Gasteiger charge is 2.63. The van der Waals surface area contributed by atoms with Gasteiger partial charge in [0, 0.05) is 35.7 Å². The van der Waals surface area contributed by atoms with E-state index in [0.29, 0.717) is 17.9 Å². The highest BCUT2D eigenvalue weighted by Crippen LogP contribution is 2.67. The van der Waals surface area contributed by atoms with E-state index in [1.807, 2.05) is 6.92 Å². The molecular weight excluding hydrogens is 376 g/mol. The first-order valence-electron chi connectivity index (χ1n) is 10.5. The van der Waals surface area contributed by atoms with Gasteiger partial charge in [-0.3, -0.25) is 19.2 Å². The molecule has 4 rings (SSSR count). The molecule has 3 fully saturated rings. The lowest BCUT2D eigenvalue weighted by molar-refractivity contribution is -0.143. The fourth-order valence-electron chi connectivity index (χ4n) is 7.67. The third kappa shape index (κ3) is 2.56. The van der Waals surface area contributed by atoms with Crippen LogP contribution in [0.5, 0.6) is 0 Å². The van der Waals surface area contributed by atoms with Crippen molar-refractivity contribution in [1.82, 2.24) is 0 Å². The topological polar surface area (TPSA) is 68.3 Å². The molecule has 0 radical (unpaired) electrons. The van der Waals surface area contributed by atoms with Crippen LogP contribution >= 0.6 is 11.6 Å². The largest absolute Gasteiger partial charge is 0.300 e. The minimum absolute atomic E-state index is 0.0136. The molecule has 28 heavy (non-hydrogen) atoms. The zero-order chi connectivity index (χ0) is 20.4. The van der Waals surface area contributed by atoms with Crippen LogP contribution in [0.1, 0.15) is 59.3 Å². The van der Waals surface area contributed by atoms with Gasteiger partial charge in [0.1, 0.15) is 5.78 Å². The molecule has 0 aromatic heterocycles. The Kier molecular flexibility index (Phi) is 4.73. The van der Waals surface area contributed by atoms with Crippen molar-refractivity contribution in [2.24, 2.45) is 40.4 Å². The number of hydrogen-bond donors (Lipinski definition) is 0. The lowest BCUT2D eigenvalue weighted by atomic mass is 9.44. The van der Waals surface area contributed by atoms with Crippen LogP contribution in [0.15, 0.2) is 11.6 Å². The summed E-state index contributed by atoms with van der Waals surface area (Å²) in [4.78, 5) is 50.4. The number of ketones is 4. The van der Waals surface area contributed by atoms with Crippen molar-refractivity contribution in [1.29, 1.82) is 0 Å². The van der Waals surface area contributed by atoms with Crippen LogP contribution in [0.2, 0.25) is 0 Å². The van der Waals surface area contributed by atoms with Crippen molar-refractivity contribution in [3.05, 3.63) is 11.6 Å². The maximum atomic E-state index is 13.2. The van der Waals surface area contributed by atoms with Gasteiger partial charge in [0.05, 0.1) is 5.88 Å². The Morgan fingerprint density at radius 3 is 2.43 bits per heavy atom. The maximum Gasteiger partial charge on any atom is 0.159 e. The van der Waals surface area contributed by atoms with Gasteiger partial charge in [0.15, 0.2) is 17.3 Å². The minimum atomic E-state index is -0.616. The summed E-state index contributed by atoms with van der Waals surface area (Å²) in [5.41, 5.74) is -0.116. The highest BCUT2D eigenvalue weighted by molar-refractivity contribution is 6.28. The van der Waals surface area contributed by atoms with Crippen LogP contribution in [0.25, 0.3) is 0 Å². The monoisotopic (exact) mass is 404 g/mol. The number of halogens is 1. The highest BCUT2D eigenvalue weighted by atomic mass is 35.5. The molecule has 0 aromatic carbocycles. The molecule has 7 atom stereocenters. The SMILES string of the molecule is CC(=O)[C@H]1CC[C@H]2[C@@H]3CC(=O)C4=CC(=O)CC(C(=O)CCl)[C@]4(C)[C@H]3CC[C@]12C. The average Bonchev–Trinajstić information content (AvgIpc) is 3.00. The van der Waals surface area contributed by atoms with E-state index < -0.39 is 11.3 Å². The van der Waals surface area contributed by atoms with E-state index in [1.165, 1.54) is 6.08 Å². The zero-order valence-electron chi connectivity index (χ0n) is 16.9. The smallest absolute Gasteiger partial charge is 0.159 e. The standard InChI is InChI=1S/C23H29ClO4/c1-12(25)15-4-5-16-14-10-20(27)18-8-13(26)9-19(21(28)11-24)23(18,3)17(14)6-7-22(15,16)2/h8,14-17,19H,4-7,9-11H2,1-3H3/t14-,15+,16-,17-,19?,22+,23+/m0/s1. The lowest BCUT2D eigenvalue weighted by Crippen LogP contribution is -2.57. The van der Waals surface area contributed by atoms with E-state index in [4.69, 9.17) is 11.6 Å². The van der Waals surface area contributed by atoms with Crippen molar-refractivity contribution in [3.63, 3.8) is 0 Å². The molecule has 0 bridgehead atoms. The molecule has 3 saturated carbocycles. The molecule has 1 unspecified atom stereocenters. The van der Waals surface area contributed by atoms with Gasteiger partial charge in [0.2, 0.25) is 0 Å². The molecule has 0 amide bonds. The normalized spacial score (nSPS) is 45.0. The number of carbonyl (C=O) groups excluding carboxylic acids is 4. The first kappa shape index (κ1) is 20.0. The molecule has 0 heterocycles. The van der Waals surface area contributed by atoms with Gasteiger partial charge in [-0.25, -0.2) is 0 Å². The second kappa shape index (κ2) is 6.62. The summed E-state index contributed by atoms with van der Waals surface area (Å²) in [6.07, 6.45) is 5.80. The van der Waals surface area contributed by atoms with Gasteiger partial charge in [-0.05, 0) is 61.9 Å². The van der Waals surface area contributed by atoms with Crippen LogP contribution in [-0.4, -0.2) is 29.0 Å². The van der Waals surface area contributed by atoms with Gasteiger partial charge >= 0.3 is 0 Å². The Bertz CT molecular complexity index is 798. The van der Waals surface area contributed by atoms with Crippen molar-refractivity contribution < 1.29 is 19.2 Å². The Hall–Kier alpha value is -1.29. The summed E-state index contributed by atoms with van der Waals surface area (Å²) in [7, 11) is 0. The Morgan fingerprint density at radius 1 is 1.07 bits per heavy atom. The minimum Gasteiger partial charge on any atom is -0.300 e. The third-order valence-electron chi connectivity index (χ3n) is 8.95. The predicted octanol–water partition coefficient (Wildman–Crippen LogP) is 3.94. The summed E-state index contributed by atoms with van der Waals surface area (Å²) in [6.45, 7) is 5.95. The second-order valence-corrected chi connectivity index (χ2v) is 10.2. The summed E-state index contributed by atoms with van der Waals surface area (Å²) < 4.78 is 0. The van der Waals surface area contributed by atoms with Crippen LogP contribution in [-0.2, 0) is 19.2 Å². The van der Waals surface area contributed by atoms with Gasteiger partial charge in [-0.15, -0.1) is 11.6 Å². The van der Waals surface area contributed by atoms with E-state index >= 15 is 0 Å². The van der Waals surface area contributed by atoms with Crippen molar-refractivity contribution in [2.45, 2.75) is 59.3 Å². The summed E-state index contributed by atoms with van der Waals surface area (Å²) in [5.74, 6) is 0.137. The van der Waals surface area contributed by atoms with Gasteiger partial charge < -0.3 is 0 Å². The number of fused-ring (bicyclic) bond motifs is 5. The number of allylic oxidation sites excluding steroid dienone is 1. The molecule has 4 aliphatic carbocycles. The Morgan fingerprint density at radius 2 is 1.79 bits per heavy atom. The van der Waals surface area contributed by atoms with E-state index in [-0.39, 0.29) is 58.6 Å². The summed E-state index contributed by atoms with van der Waals surface area (Å²) in [5, 5.41) is 0. The van der Waals surface area contributed by atoms with E-state index in [1.54, 1.807) is 6.92 Å². The van der Waals surface area contributed by atoms with Crippen LogP contribution < -0.4 is 0 Å². The molecule has 0 saturated heterocycles. The average molecular weight is 405 g/mol. The Balaban J connectivity index is 1.78. The Labute approximate surface area is 171 Å². The van der Waals surface area contributed by atoms with Crippen LogP contribution in [0, 0.1) is 40.4 Å². The summed E-state index contributed by atoms with van der Waals surface area (Å²) >= 11 is 5.90. The number of carbonyl (C=O) groups is 4.